The van der Waals surface area contributed by atoms with Gasteiger partial charge in [0, 0.05) is 39.3 Å². The summed E-state index contributed by atoms with van der Waals surface area (Å²) >= 11 is 0. The van der Waals surface area contributed by atoms with Gasteiger partial charge in [-0.3, -0.25) is 0 Å². The van der Waals surface area contributed by atoms with Gasteiger partial charge < -0.3 is 15.0 Å². The third-order valence-corrected chi connectivity index (χ3v) is 7.18. The van der Waals surface area contributed by atoms with E-state index in [1.807, 2.05) is 18.2 Å². The third kappa shape index (κ3) is 3.54. The molecule has 27 heavy (non-hydrogen) atoms. The van der Waals surface area contributed by atoms with Gasteiger partial charge in [-0.25, -0.2) is 8.42 Å². The topological polar surface area (TPSA) is 61.9 Å². The number of nitrogens with one attached hydrogen (secondary N) is 1. The fraction of sp³-hybridized carbons (Fsp3) is 0.400. The van der Waals surface area contributed by atoms with Crippen LogP contribution in [-0.4, -0.2) is 52.6 Å². The van der Waals surface area contributed by atoms with Crippen molar-refractivity contribution in [1.29, 1.82) is 0 Å². The van der Waals surface area contributed by atoms with E-state index in [-0.39, 0.29) is 0 Å². The zero-order valence-electron chi connectivity index (χ0n) is 15.5. The number of nitrogens with zero attached hydrogens (tertiary/aromatic N) is 2. The highest BCUT2D eigenvalue weighted by molar-refractivity contribution is 7.89. The summed E-state index contributed by atoms with van der Waals surface area (Å²) in [5.41, 5.74) is 3.17. The van der Waals surface area contributed by atoms with Crippen molar-refractivity contribution in [1.82, 2.24) is 9.62 Å². The van der Waals surface area contributed by atoms with Gasteiger partial charge in [0.15, 0.2) is 0 Å². The first-order valence-corrected chi connectivity index (χ1v) is 10.7. The minimum absolute atomic E-state index is 0.330. The SMILES string of the molecule is COc1ccc(S(=O)(=O)N2CCc3ccccc3C2)cc1N1CCNCC1. The van der Waals surface area contributed by atoms with Crippen molar-refractivity contribution in [3.05, 3.63) is 53.6 Å². The van der Waals surface area contributed by atoms with Gasteiger partial charge in [0.05, 0.1) is 17.7 Å². The van der Waals surface area contributed by atoms with Crippen LogP contribution in [0.3, 0.4) is 0 Å². The molecule has 0 amide bonds. The predicted molar refractivity (Wildman–Crippen MR) is 106 cm³/mol. The molecule has 0 spiro atoms. The Bertz CT molecular complexity index is 924. The smallest absolute Gasteiger partial charge is 0.243 e. The Morgan fingerprint density at radius 2 is 1.74 bits per heavy atom. The Morgan fingerprint density at radius 1 is 1.00 bits per heavy atom. The van der Waals surface area contributed by atoms with Crippen LogP contribution >= 0.6 is 0 Å². The monoisotopic (exact) mass is 387 g/mol. The molecular formula is C20H25N3O3S. The van der Waals surface area contributed by atoms with Crippen LogP contribution < -0.4 is 15.0 Å². The van der Waals surface area contributed by atoms with E-state index in [1.54, 1.807) is 29.6 Å². The molecule has 0 radical (unpaired) electrons. The average Bonchev–Trinajstić information content (AvgIpc) is 2.73. The van der Waals surface area contributed by atoms with E-state index in [0.29, 0.717) is 23.7 Å². The van der Waals surface area contributed by atoms with Crippen molar-refractivity contribution >= 4 is 15.7 Å². The minimum Gasteiger partial charge on any atom is -0.495 e. The van der Waals surface area contributed by atoms with Crippen molar-refractivity contribution in [2.45, 2.75) is 17.9 Å². The highest BCUT2D eigenvalue weighted by Gasteiger charge is 2.29. The quantitative estimate of drug-likeness (QED) is 0.868. The van der Waals surface area contributed by atoms with E-state index >= 15 is 0 Å². The number of hydrogen-bond acceptors (Lipinski definition) is 5. The summed E-state index contributed by atoms with van der Waals surface area (Å²) in [6.07, 6.45) is 0.746. The van der Waals surface area contributed by atoms with E-state index in [2.05, 4.69) is 16.3 Å². The molecule has 0 atom stereocenters. The third-order valence-electron chi connectivity index (χ3n) is 5.34. The number of fused-ring (bicyclic) bond motifs is 1. The molecule has 2 aromatic carbocycles. The van der Waals surface area contributed by atoms with Gasteiger partial charge >= 0.3 is 0 Å². The molecule has 144 valence electrons. The molecule has 2 heterocycles. The second-order valence-corrected chi connectivity index (χ2v) is 8.87. The molecule has 0 saturated carbocycles. The number of anilines is 1. The summed E-state index contributed by atoms with van der Waals surface area (Å²) in [5, 5.41) is 3.32. The lowest BCUT2D eigenvalue weighted by molar-refractivity contribution is 0.391. The van der Waals surface area contributed by atoms with Gasteiger partial charge in [0.1, 0.15) is 5.75 Å². The lowest BCUT2D eigenvalue weighted by Gasteiger charge is -2.32. The standard InChI is InChI=1S/C20H25N3O3S/c1-26-20-7-6-18(14-19(20)22-12-9-21-10-13-22)27(24,25)23-11-8-16-4-2-3-5-17(16)15-23/h2-7,14,21H,8-13,15H2,1H3. The largest absolute Gasteiger partial charge is 0.495 e. The lowest BCUT2D eigenvalue weighted by atomic mass is 10.0. The first-order valence-electron chi connectivity index (χ1n) is 9.30. The molecule has 0 bridgehead atoms. The first-order chi connectivity index (χ1) is 13.1. The number of rotatable bonds is 4. The van der Waals surface area contributed by atoms with Crippen molar-refractivity contribution < 1.29 is 13.2 Å². The molecule has 4 rings (SSSR count). The molecule has 0 unspecified atom stereocenters. The normalized spacial score (nSPS) is 18.2. The van der Waals surface area contributed by atoms with Gasteiger partial charge in [-0.1, -0.05) is 24.3 Å². The van der Waals surface area contributed by atoms with Crippen LogP contribution in [0.5, 0.6) is 5.75 Å². The van der Waals surface area contributed by atoms with Crippen LogP contribution in [0.4, 0.5) is 5.69 Å². The summed E-state index contributed by atoms with van der Waals surface area (Å²) in [7, 11) is -1.93. The molecule has 2 aliphatic rings. The summed E-state index contributed by atoms with van der Waals surface area (Å²) < 4.78 is 33.6. The average molecular weight is 388 g/mol. The Balaban J connectivity index is 1.66. The first kappa shape index (κ1) is 18.3. The number of benzene rings is 2. The van der Waals surface area contributed by atoms with Crippen molar-refractivity contribution in [3.8, 4) is 5.75 Å². The van der Waals surface area contributed by atoms with Crippen LogP contribution in [-0.2, 0) is 23.0 Å². The Morgan fingerprint density at radius 3 is 2.48 bits per heavy atom. The molecule has 0 aliphatic carbocycles. The molecule has 7 heteroatoms. The number of piperazine rings is 1. The summed E-state index contributed by atoms with van der Waals surface area (Å²) in [4.78, 5) is 2.51. The molecular weight excluding hydrogens is 362 g/mol. The molecule has 2 aliphatic heterocycles. The maximum Gasteiger partial charge on any atom is 0.243 e. The van der Waals surface area contributed by atoms with Gasteiger partial charge in [0.2, 0.25) is 10.0 Å². The molecule has 1 saturated heterocycles. The molecule has 2 aromatic rings. The van der Waals surface area contributed by atoms with Crippen LogP contribution in [0.2, 0.25) is 0 Å². The summed E-state index contributed by atoms with van der Waals surface area (Å²) in [5.74, 6) is 0.708. The Kier molecular flexibility index (Phi) is 5.08. The Hall–Kier alpha value is -2.09. The summed E-state index contributed by atoms with van der Waals surface area (Å²) in [6, 6.07) is 13.2. The number of ether oxygens (including phenoxy) is 1. The Labute approximate surface area is 160 Å². The van der Waals surface area contributed by atoms with Crippen LogP contribution in [0.25, 0.3) is 0 Å². The molecule has 1 N–H and O–H groups in total. The van der Waals surface area contributed by atoms with Gasteiger partial charge in [-0.05, 0) is 35.7 Å². The number of hydrogen-bond donors (Lipinski definition) is 1. The van der Waals surface area contributed by atoms with E-state index in [9.17, 15) is 8.42 Å². The van der Waals surface area contributed by atoms with E-state index in [0.717, 1.165) is 43.9 Å². The molecule has 1 fully saturated rings. The van der Waals surface area contributed by atoms with Crippen LogP contribution in [0.15, 0.2) is 47.4 Å². The van der Waals surface area contributed by atoms with Crippen molar-refractivity contribution in [3.63, 3.8) is 0 Å². The zero-order chi connectivity index (χ0) is 18.9. The van der Waals surface area contributed by atoms with Crippen molar-refractivity contribution in [2.24, 2.45) is 0 Å². The van der Waals surface area contributed by atoms with Crippen molar-refractivity contribution in [2.75, 3.05) is 44.7 Å². The van der Waals surface area contributed by atoms with Gasteiger partial charge in [-0.2, -0.15) is 4.31 Å². The maximum absolute atomic E-state index is 13.3. The van der Waals surface area contributed by atoms with E-state index in [1.165, 1.54) is 5.56 Å². The fourth-order valence-electron chi connectivity index (χ4n) is 3.81. The lowest BCUT2D eigenvalue weighted by Crippen LogP contribution is -2.43. The van der Waals surface area contributed by atoms with Crippen LogP contribution in [0, 0.1) is 0 Å². The molecule has 0 aromatic heterocycles. The fourth-order valence-corrected chi connectivity index (χ4v) is 5.25. The minimum atomic E-state index is -3.56. The second kappa shape index (κ2) is 7.50. The summed E-state index contributed by atoms with van der Waals surface area (Å²) in [6.45, 7) is 4.35. The van der Waals surface area contributed by atoms with Gasteiger partial charge in [-0.15, -0.1) is 0 Å². The second-order valence-electron chi connectivity index (χ2n) is 6.93. The maximum atomic E-state index is 13.3. The number of methoxy groups -OCH3 is 1. The molecule has 6 nitrogen and oxygen atoms in total. The van der Waals surface area contributed by atoms with E-state index in [4.69, 9.17) is 4.74 Å². The highest BCUT2D eigenvalue weighted by atomic mass is 32.2. The zero-order valence-corrected chi connectivity index (χ0v) is 16.3. The van der Waals surface area contributed by atoms with Gasteiger partial charge in [0.25, 0.3) is 0 Å². The van der Waals surface area contributed by atoms with E-state index < -0.39 is 10.0 Å². The predicted octanol–water partition coefficient (Wildman–Crippen LogP) is 1.85. The van der Waals surface area contributed by atoms with Crippen LogP contribution in [0.1, 0.15) is 11.1 Å². The highest BCUT2D eigenvalue weighted by Crippen LogP contribution is 2.33. The number of sulfonamides is 1.